The second kappa shape index (κ2) is 9.82. The molecule has 0 aromatic heterocycles. The molecule has 34 heavy (non-hydrogen) atoms. The zero-order valence-corrected chi connectivity index (χ0v) is 19.8. The van der Waals surface area contributed by atoms with Gasteiger partial charge in [0.25, 0.3) is 0 Å². The topological polar surface area (TPSA) is 126 Å². The minimum Gasteiger partial charge on any atom is -0.497 e. The molecule has 0 saturated carbocycles. The number of sulfonamides is 1. The smallest absolute Gasteiger partial charge is 0.241 e. The number of hydrogen-bond acceptors (Lipinski definition) is 5. The maximum atomic E-state index is 13.3. The molecule has 9 heteroatoms. The van der Waals surface area contributed by atoms with E-state index >= 15 is 0 Å². The van der Waals surface area contributed by atoms with Crippen molar-refractivity contribution in [3.8, 4) is 5.75 Å². The van der Waals surface area contributed by atoms with Gasteiger partial charge in [0.15, 0.2) is 0 Å². The van der Waals surface area contributed by atoms with E-state index in [9.17, 15) is 13.2 Å². The summed E-state index contributed by atoms with van der Waals surface area (Å²) < 4.78 is 34.3. The van der Waals surface area contributed by atoms with Crippen molar-refractivity contribution in [2.45, 2.75) is 36.7 Å². The molecule has 1 amide bonds. The predicted octanol–water partition coefficient (Wildman–Crippen LogP) is 2.99. The van der Waals surface area contributed by atoms with Crippen LogP contribution in [0.1, 0.15) is 30.4 Å². The van der Waals surface area contributed by atoms with Crippen LogP contribution < -0.4 is 15.2 Å². The van der Waals surface area contributed by atoms with Crippen molar-refractivity contribution in [2.75, 3.05) is 13.7 Å². The first-order valence-electron chi connectivity index (χ1n) is 11.1. The Labute approximate surface area is 199 Å². The minimum absolute atomic E-state index is 0.0392. The number of benzene rings is 3. The summed E-state index contributed by atoms with van der Waals surface area (Å²) in [6.45, 7) is 0.866. The lowest BCUT2D eigenvalue weighted by Crippen LogP contribution is -2.47. The molecule has 0 unspecified atom stereocenters. The van der Waals surface area contributed by atoms with E-state index < -0.39 is 16.1 Å². The van der Waals surface area contributed by atoms with Crippen molar-refractivity contribution >= 4 is 32.5 Å². The number of nitrogens with two attached hydrogens (primary N) is 1. The maximum Gasteiger partial charge on any atom is 0.241 e. The number of amidine groups is 1. The number of rotatable bonds is 7. The van der Waals surface area contributed by atoms with Crippen LogP contribution in [0.15, 0.2) is 65.6 Å². The first-order chi connectivity index (χ1) is 16.3. The third-order valence-corrected chi connectivity index (χ3v) is 7.49. The number of fused-ring (bicyclic) bond motifs is 1. The molecular formula is C25H28N4O4S. The van der Waals surface area contributed by atoms with Crippen LogP contribution in [0.3, 0.4) is 0 Å². The Morgan fingerprint density at radius 3 is 2.68 bits per heavy atom. The van der Waals surface area contributed by atoms with Gasteiger partial charge in [-0.3, -0.25) is 10.2 Å². The lowest BCUT2D eigenvalue weighted by Gasteiger charge is -2.25. The highest BCUT2D eigenvalue weighted by atomic mass is 32.2. The van der Waals surface area contributed by atoms with Crippen molar-refractivity contribution < 1.29 is 17.9 Å². The Kier molecular flexibility index (Phi) is 6.85. The van der Waals surface area contributed by atoms with Crippen molar-refractivity contribution in [2.24, 2.45) is 5.73 Å². The van der Waals surface area contributed by atoms with Crippen LogP contribution in [0.4, 0.5) is 0 Å². The predicted molar refractivity (Wildman–Crippen MR) is 131 cm³/mol. The monoisotopic (exact) mass is 480 g/mol. The van der Waals surface area contributed by atoms with Gasteiger partial charge in [0, 0.05) is 18.7 Å². The van der Waals surface area contributed by atoms with E-state index in [0.717, 1.165) is 29.2 Å². The first-order valence-corrected chi connectivity index (χ1v) is 12.6. The SMILES string of the molecule is COc1ccc2ccc(S(=O)(=O)N[C@H]3CCCCN(Cc4cccc(C(=N)N)c4)C3=O)cc2c1. The molecule has 1 aliphatic rings. The van der Waals surface area contributed by atoms with Gasteiger partial charge in [-0.05, 0) is 65.9 Å². The summed E-state index contributed by atoms with van der Waals surface area (Å²) in [5.41, 5.74) is 7.01. The van der Waals surface area contributed by atoms with Crippen LogP contribution in [-0.4, -0.2) is 44.8 Å². The largest absolute Gasteiger partial charge is 0.497 e. The van der Waals surface area contributed by atoms with Gasteiger partial charge in [-0.1, -0.05) is 30.3 Å². The van der Waals surface area contributed by atoms with Gasteiger partial charge in [0.2, 0.25) is 15.9 Å². The number of amides is 1. The van der Waals surface area contributed by atoms with E-state index in [4.69, 9.17) is 15.9 Å². The van der Waals surface area contributed by atoms with Crippen LogP contribution in [0.2, 0.25) is 0 Å². The molecule has 1 atom stereocenters. The number of likely N-dealkylation sites (tertiary alicyclic amines) is 1. The fourth-order valence-corrected chi connectivity index (χ4v) is 5.44. The molecular weight excluding hydrogens is 452 g/mol. The van der Waals surface area contributed by atoms with Crippen molar-refractivity contribution in [1.82, 2.24) is 9.62 Å². The van der Waals surface area contributed by atoms with Gasteiger partial charge in [-0.25, -0.2) is 8.42 Å². The Bertz CT molecular complexity index is 1340. The molecule has 4 N–H and O–H groups in total. The summed E-state index contributed by atoms with van der Waals surface area (Å²) in [5, 5.41) is 9.26. The number of carbonyl (C=O) groups excluding carboxylic acids is 1. The number of nitrogens with zero attached hydrogens (tertiary/aromatic N) is 1. The molecule has 0 bridgehead atoms. The molecule has 1 saturated heterocycles. The normalized spacial score (nSPS) is 16.9. The molecule has 0 aliphatic carbocycles. The summed E-state index contributed by atoms with van der Waals surface area (Å²) in [6, 6.07) is 16.7. The van der Waals surface area contributed by atoms with E-state index in [-0.39, 0.29) is 16.6 Å². The highest BCUT2D eigenvalue weighted by Crippen LogP contribution is 2.25. The molecule has 1 heterocycles. The van der Waals surface area contributed by atoms with Gasteiger partial charge >= 0.3 is 0 Å². The average molecular weight is 481 g/mol. The fraction of sp³-hybridized carbons (Fsp3) is 0.280. The summed E-state index contributed by atoms with van der Waals surface area (Å²) in [5.74, 6) is 0.345. The standard InChI is InChI=1S/C25H28N4O4S/c1-33-21-10-8-18-9-11-22(15-20(18)14-21)34(31,32)28-23-7-2-3-12-29(25(23)30)16-17-5-4-6-19(13-17)24(26)27/h4-6,8-11,13-15,23,28H,2-3,7,12,16H2,1H3,(H3,26,27)/t23-/m0/s1. The number of nitrogens with one attached hydrogen (secondary N) is 2. The van der Waals surface area contributed by atoms with Gasteiger partial charge in [0.05, 0.1) is 12.0 Å². The van der Waals surface area contributed by atoms with Crippen LogP contribution in [0.25, 0.3) is 10.8 Å². The third kappa shape index (κ3) is 5.21. The Morgan fingerprint density at radius 2 is 1.91 bits per heavy atom. The second-order valence-electron chi connectivity index (χ2n) is 8.42. The summed E-state index contributed by atoms with van der Waals surface area (Å²) in [4.78, 5) is 15.1. The maximum absolute atomic E-state index is 13.3. The summed E-state index contributed by atoms with van der Waals surface area (Å²) in [7, 11) is -2.36. The Hall–Kier alpha value is -3.43. The minimum atomic E-state index is -3.92. The van der Waals surface area contributed by atoms with Crippen molar-refractivity contribution in [3.63, 3.8) is 0 Å². The van der Waals surface area contributed by atoms with E-state index in [1.54, 1.807) is 54.5 Å². The fourth-order valence-electron chi connectivity index (χ4n) is 4.18. The van der Waals surface area contributed by atoms with Gasteiger partial charge in [-0.15, -0.1) is 0 Å². The summed E-state index contributed by atoms with van der Waals surface area (Å²) in [6.07, 6.45) is 1.95. The second-order valence-corrected chi connectivity index (χ2v) is 10.1. The highest BCUT2D eigenvalue weighted by molar-refractivity contribution is 7.89. The number of nitrogen functional groups attached to an aromatic ring is 1. The van der Waals surface area contributed by atoms with Gasteiger partial charge in [0.1, 0.15) is 17.6 Å². The molecule has 0 spiro atoms. The van der Waals surface area contributed by atoms with E-state index in [1.165, 1.54) is 0 Å². The van der Waals surface area contributed by atoms with Crippen LogP contribution in [0.5, 0.6) is 5.75 Å². The first kappa shape index (κ1) is 23.7. The molecule has 4 rings (SSSR count). The van der Waals surface area contributed by atoms with Crippen LogP contribution in [-0.2, 0) is 21.4 Å². The zero-order chi connectivity index (χ0) is 24.3. The van der Waals surface area contributed by atoms with E-state index in [1.807, 2.05) is 18.2 Å². The molecule has 1 fully saturated rings. The Balaban J connectivity index is 1.55. The number of carbonyl (C=O) groups is 1. The highest BCUT2D eigenvalue weighted by Gasteiger charge is 2.31. The van der Waals surface area contributed by atoms with Gasteiger partial charge in [-0.2, -0.15) is 4.72 Å². The van der Waals surface area contributed by atoms with Gasteiger partial charge < -0.3 is 15.4 Å². The molecule has 178 valence electrons. The lowest BCUT2D eigenvalue weighted by molar-refractivity contribution is -0.133. The van der Waals surface area contributed by atoms with E-state index in [2.05, 4.69) is 4.72 Å². The van der Waals surface area contributed by atoms with E-state index in [0.29, 0.717) is 30.8 Å². The van der Waals surface area contributed by atoms with Crippen LogP contribution in [0, 0.1) is 5.41 Å². The number of methoxy groups -OCH3 is 1. The average Bonchev–Trinajstić information content (AvgIpc) is 2.99. The van der Waals surface area contributed by atoms with Crippen molar-refractivity contribution in [1.29, 1.82) is 5.41 Å². The summed E-state index contributed by atoms with van der Waals surface area (Å²) >= 11 is 0. The third-order valence-electron chi connectivity index (χ3n) is 6.02. The molecule has 3 aromatic rings. The quantitative estimate of drug-likeness (QED) is 0.354. The van der Waals surface area contributed by atoms with Crippen LogP contribution >= 0.6 is 0 Å². The Morgan fingerprint density at radius 1 is 1.12 bits per heavy atom. The molecule has 3 aromatic carbocycles. The molecule has 1 aliphatic heterocycles. The lowest BCUT2D eigenvalue weighted by atomic mass is 10.1. The number of hydrogen-bond donors (Lipinski definition) is 3. The van der Waals surface area contributed by atoms with Crippen molar-refractivity contribution in [3.05, 3.63) is 71.8 Å². The zero-order valence-electron chi connectivity index (χ0n) is 19.0. The molecule has 8 nitrogen and oxygen atoms in total. The molecule has 0 radical (unpaired) electrons. The number of ether oxygens (including phenoxy) is 1.